The van der Waals surface area contributed by atoms with E-state index in [0.29, 0.717) is 19.3 Å². The maximum absolute atomic E-state index is 13.1. The average molecular weight is 152 g/mol. The van der Waals surface area contributed by atoms with Crippen molar-refractivity contribution >= 4 is 0 Å². The van der Waals surface area contributed by atoms with Crippen LogP contribution in [-0.4, -0.2) is 15.4 Å². The zero-order valence-electron chi connectivity index (χ0n) is 6.13. The van der Waals surface area contributed by atoms with Crippen LogP contribution in [0, 0.1) is 0 Å². The summed E-state index contributed by atoms with van der Waals surface area (Å²) in [5.74, 6) is 0. The molecule has 0 aliphatic heterocycles. The molecule has 3 saturated carbocycles. The van der Waals surface area contributed by atoms with Crippen molar-refractivity contribution in [3.05, 3.63) is 18.5 Å². The lowest BCUT2D eigenvalue weighted by Crippen LogP contribution is -2.70. The minimum atomic E-state index is -0.814. The quantitative estimate of drug-likeness (QED) is 0.596. The van der Waals surface area contributed by atoms with Crippen LogP contribution >= 0.6 is 0 Å². The second kappa shape index (κ2) is 1.36. The van der Waals surface area contributed by atoms with Crippen LogP contribution < -0.4 is 0 Å². The van der Waals surface area contributed by atoms with Crippen LogP contribution in [0.25, 0.3) is 0 Å². The fraction of sp³-hybridized carbons (Fsp3) is 0.625. The highest BCUT2D eigenvalue weighted by atomic mass is 19.1. The molecule has 3 fully saturated rings. The van der Waals surface area contributed by atoms with Crippen molar-refractivity contribution in [1.82, 2.24) is 9.78 Å². The van der Waals surface area contributed by atoms with Crippen LogP contribution in [-0.2, 0) is 5.54 Å². The first-order valence-electron chi connectivity index (χ1n) is 3.92. The van der Waals surface area contributed by atoms with Gasteiger partial charge in [-0.1, -0.05) is 0 Å². The van der Waals surface area contributed by atoms with Gasteiger partial charge in [0.2, 0.25) is 0 Å². The third-order valence-corrected chi connectivity index (χ3v) is 2.93. The lowest BCUT2D eigenvalue weighted by Gasteiger charge is -2.65. The molecule has 0 N–H and O–H groups in total. The van der Waals surface area contributed by atoms with Gasteiger partial charge in [0, 0.05) is 31.7 Å². The Morgan fingerprint density at radius 1 is 1.36 bits per heavy atom. The Balaban J connectivity index is 1.94. The molecule has 1 heterocycles. The largest absolute Gasteiger partial charge is 0.266 e. The number of hydrogen-bond acceptors (Lipinski definition) is 1. The van der Waals surface area contributed by atoms with E-state index in [1.54, 1.807) is 6.20 Å². The zero-order valence-corrected chi connectivity index (χ0v) is 6.13. The van der Waals surface area contributed by atoms with E-state index in [1.807, 2.05) is 16.9 Å². The van der Waals surface area contributed by atoms with E-state index in [0.717, 1.165) is 0 Å². The lowest BCUT2D eigenvalue weighted by atomic mass is 9.47. The van der Waals surface area contributed by atoms with E-state index in [4.69, 9.17) is 0 Å². The topological polar surface area (TPSA) is 17.8 Å². The van der Waals surface area contributed by atoms with Crippen molar-refractivity contribution < 1.29 is 4.39 Å². The van der Waals surface area contributed by atoms with Crippen molar-refractivity contribution in [2.24, 2.45) is 0 Å². The fourth-order valence-electron chi connectivity index (χ4n) is 2.41. The second-order valence-corrected chi connectivity index (χ2v) is 3.86. The van der Waals surface area contributed by atoms with Crippen LogP contribution in [0.4, 0.5) is 4.39 Å². The Morgan fingerprint density at radius 2 is 2.09 bits per heavy atom. The molecule has 0 amide bonds. The molecular formula is C8H9FN2. The molecule has 11 heavy (non-hydrogen) atoms. The van der Waals surface area contributed by atoms with Crippen LogP contribution in [0.3, 0.4) is 0 Å². The molecule has 0 spiro atoms. The highest BCUT2D eigenvalue weighted by molar-refractivity contribution is 5.22. The highest BCUT2D eigenvalue weighted by Gasteiger charge is 2.70. The van der Waals surface area contributed by atoms with Crippen LogP contribution in [0.15, 0.2) is 18.5 Å². The summed E-state index contributed by atoms with van der Waals surface area (Å²) in [6, 6.07) is 1.89. The molecule has 3 heteroatoms. The van der Waals surface area contributed by atoms with Crippen molar-refractivity contribution in [3.63, 3.8) is 0 Å². The zero-order chi connectivity index (χ0) is 7.53. The Bertz CT molecular complexity index is 271. The summed E-state index contributed by atoms with van der Waals surface area (Å²) in [7, 11) is 0. The summed E-state index contributed by atoms with van der Waals surface area (Å²) >= 11 is 0. The van der Waals surface area contributed by atoms with Gasteiger partial charge < -0.3 is 0 Å². The third kappa shape index (κ3) is 0.513. The molecule has 4 rings (SSSR count). The maximum Gasteiger partial charge on any atom is 0.118 e. The molecular weight excluding hydrogens is 143 g/mol. The van der Waals surface area contributed by atoms with Crippen molar-refractivity contribution in [2.75, 3.05) is 0 Å². The van der Waals surface area contributed by atoms with E-state index in [-0.39, 0.29) is 5.54 Å². The predicted octanol–water partition coefficient (Wildman–Crippen LogP) is 1.48. The third-order valence-electron chi connectivity index (χ3n) is 2.93. The summed E-state index contributed by atoms with van der Waals surface area (Å²) in [6.45, 7) is 0. The van der Waals surface area contributed by atoms with Crippen LogP contribution in [0.2, 0.25) is 0 Å². The number of nitrogens with zero attached hydrogens (tertiary/aromatic N) is 2. The van der Waals surface area contributed by atoms with Gasteiger partial charge in [0.15, 0.2) is 0 Å². The summed E-state index contributed by atoms with van der Waals surface area (Å²) < 4.78 is 15.0. The summed E-state index contributed by atoms with van der Waals surface area (Å²) in [4.78, 5) is 0. The van der Waals surface area contributed by atoms with Gasteiger partial charge >= 0.3 is 0 Å². The number of halogens is 1. The molecule has 0 aromatic carbocycles. The van der Waals surface area contributed by atoms with Crippen molar-refractivity contribution in [1.29, 1.82) is 0 Å². The number of hydrogen-bond donors (Lipinski definition) is 0. The number of aromatic nitrogens is 2. The van der Waals surface area contributed by atoms with Crippen molar-refractivity contribution in [3.8, 4) is 0 Å². The number of rotatable bonds is 1. The average Bonchev–Trinajstić information content (AvgIpc) is 2.28. The summed E-state index contributed by atoms with van der Waals surface area (Å²) in [6.07, 6.45) is 5.73. The Kier molecular flexibility index (Phi) is 0.708. The summed E-state index contributed by atoms with van der Waals surface area (Å²) in [5, 5.41) is 4.13. The molecule has 0 radical (unpaired) electrons. The number of alkyl halides is 1. The standard InChI is InChI=1S/C8H9FN2/c9-7-4-8(5-7,6-7)11-3-1-2-10-11/h1-3H,4-6H2. The van der Waals surface area contributed by atoms with E-state index in [2.05, 4.69) is 5.10 Å². The van der Waals surface area contributed by atoms with Crippen molar-refractivity contribution in [2.45, 2.75) is 30.5 Å². The second-order valence-electron chi connectivity index (χ2n) is 3.86. The van der Waals surface area contributed by atoms with Gasteiger partial charge in [-0.25, -0.2) is 4.39 Å². The fourth-order valence-corrected chi connectivity index (χ4v) is 2.41. The lowest BCUT2D eigenvalue weighted by molar-refractivity contribution is -0.203. The van der Waals surface area contributed by atoms with Gasteiger partial charge in [0.05, 0.1) is 5.54 Å². The Labute approximate surface area is 64.0 Å². The normalized spacial score (nSPS) is 46.3. The van der Waals surface area contributed by atoms with Gasteiger partial charge in [0.1, 0.15) is 5.67 Å². The first-order chi connectivity index (χ1) is 5.23. The van der Waals surface area contributed by atoms with Gasteiger partial charge in [-0.2, -0.15) is 5.10 Å². The molecule has 0 unspecified atom stereocenters. The first kappa shape index (κ1) is 5.75. The molecule has 0 atom stereocenters. The van der Waals surface area contributed by atoms with Gasteiger partial charge in [0.25, 0.3) is 0 Å². The van der Waals surface area contributed by atoms with E-state index in [1.165, 1.54) is 0 Å². The van der Waals surface area contributed by atoms with E-state index >= 15 is 0 Å². The SMILES string of the molecule is FC12CC(n3cccn3)(C1)C2. The molecule has 1 aromatic rings. The molecule has 58 valence electrons. The van der Waals surface area contributed by atoms with Gasteiger partial charge in [-0.05, 0) is 6.07 Å². The van der Waals surface area contributed by atoms with Crippen LogP contribution in [0.5, 0.6) is 0 Å². The van der Waals surface area contributed by atoms with Gasteiger partial charge in [-0.15, -0.1) is 0 Å². The molecule has 3 aliphatic rings. The minimum absolute atomic E-state index is 0.0816. The monoisotopic (exact) mass is 152 g/mol. The predicted molar refractivity (Wildman–Crippen MR) is 37.9 cm³/mol. The van der Waals surface area contributed by atoms with E-state index in [9.17, 15) is 4.39 Å². The van der Waals surface area contributed by atoms with Gasteiger partial charge in [-0.3, -0.25) is 4.68 Å². The molecule has 2 bridgehead atoms. The Hall–Kier alpha value is -0.860. The van der Waals surface area contributed by atoms with Crippen LogP contribution in [0.1, 0.15) is 19.3 Å². The summed E-state index contributed by atoms with van der Waals surface area (Å²) in [5.41, 5.74) is -0.732. The smallest absolute Gasteiger partial charge is 0.118 e. The Morgan fingerprint density at radius 3 is 2.55 bits per heavy atom. The maximum atomic E-state index is 13.1. The molecule has 2 nitrogen and oxygen atoms in total. The molecule has 1 aromatic heterocycles. The van der Waals surface area contributed by atoms with E-state index < -0.39 is 5.67 Å². The highest BCUT2D eigenvalue weighted by Crippen LogP contribution is 2.67. The minimum Gasteiger partial charge on any atom is -0.266 e. The first-order valence-corrected chi connectivity index (χ1v) is 3.92. The molecule has 3 aliphatic carbocycles. The molecule has 0 saturated heterocycles.